The summed E-state index contributed by atoms with van der Waals surface area (Å²) in [6, 6.07) is 14.2. The smallest absolute Gasteiger partial charge is 0.261 e. The highest BCUT2D eigenvalue weighted by Crippen LogP contribution is 2.18. The molecule has 2 aromatic rings. The summed E-state index contributed by atoms with van der Waals surface area (Å²) in [6.45, 7) is 7.72. The Hall–Kier alpha value is -2.53. The van der Waals surface area contributed by atoms with Gasteiger partial charge >= 0.3 is 0 Å². The average Bonchev–Trinajstić information content (AvgIpc) is 2.70. The third kappa shape index (κ3) is 6.79. The Balaban J connectivity index is 2.17. The van der Waals surface area contributed by atoms with Crippen molar-refractivity contribution in [2.45, 2.75) is 52.7 Å². The topological polar surface area (TPSA) is 58.6 Å². The number of rotatable bonds is 9. The number of carbonyl (C=O) groups is 2. The fraction of sp³-hybridized carbons (Fsp3) is 0.391. The second kappa shape index (κ2) is 10.9. The zero-order chi connectivity index (χ0) is 21.4. The lowest BCUT2D eigenvalue weighted by atomic mass is 10.1. The second-order valence-electron chi connectivity index (χ2n) is 7.20. The molecule has 2 rings (SSSR count). The number of carbonyl (C=O) groups excluding carboxylic acids is 2. The fourth-order valence-electron chi connectivity index (χ4n) is 2.82. The Morgan fingerprint density at radius 1 is 1.14 bits per heavy atom. The van der Waals surface area contributed by atoms with Crippen LogP contribution in [0.2, 0.25) is 5.02 Å². The lowest BCUT2D eigenvalue weighted by Crippen LogP contribution is -2.50. The van der Waals surface area contributed by atoms with E-state index in [1.54, 1.807) is 19.1 Å². The van der Waals surface area contributed by atoms with Crippen molar-refractivity contribution in [1.82, 2.24) is 10.2 Å². The van der Waals surface area contributed by atoms with Gasteiger partial charge in [-0.2, -0.15) is 0 Å². The molecule has 0 bridgehead atoms. The highest BCUT2D eigenvalue weighted by Gasteiger charge is 2.27. The van der Waals surface area contributed by atoms with Gasteiger partial charge in [-0.15, -0.1) is 0 Å². The maximum Gasteiger partial charge on any atom is 0.261 e. The number of aryl methyl sites for hydroxylation is 1. The van der Waals surface area contributed by atoms with Crippen molar-refractivity contribution >= 4 is 23.4 Å². The molecule has 1 N–H and O–H groups in total. The lowest BCUT2D eigenvalue weighted by molar-refractivity contribution is -0.142. The van der Waals surface area contributed by atoms with Gasteiger partial charge in [-0.25, -0.2) is 0 Å². The van der Waals surface area contributed by atoms with Crippen molar-refractivity contribution in [1.29, 1.82) is 0 Å². The van der Waals surface area contributed by atoms with Crippen LogP contribution in [0, 0.1) is 6.92 Å². The molecule has 2 atom stereocenters. The van der Waals surface area contributed by atoms with Crippen LogP contribution in [0.25, 0.3) is 0 Å². The van der Waals surface area contributed by atoms with Crippen LogP contribution in [0.1, 0.15) is 38.3 Å². The monoisotopic (exact) mass is 416 g/mol. The predicted molar refractivity (Wildman–Crippen MR) is 116 cm³/mol. The van der Waals surface area contributed by atoms with Crippen molar-refractivity contribution in [3.05, 3.63) is 64.7 Å². The predicted octanol–water partition coefficient (Wildman–Crippen LogP) is 4.36. The normalized spacial score (nSPS) is 12.7. The van der Waals surface area contributed by atoms with Crippen molar-refractivity contribution in [2.24, 2.45) is 0 Å². The van der Waals surface area contributed by atoms with Crippen molar-refractivity contribution in [3.63, 3.8) is 0 Å². The van der Waals surface area contributed by atoms with Crippen LogP contribution in [0.15, 0.2) is 48.5 Å². The van der Waals surface area contributed by atoms with Crippen molar-refractivity contribution in [3.8, 4) is 5.75 Å². The molecule has 0 saturated carbocycles. The van der Waals surface area contributed by atoms with Crippen molar-refractivity contribution < 1.29 is 14.3 Å². The highest BCUT2D eigenvalue weighted by atomic mass is 35.5. The van der Waals surface area contributed by atoms with Crippen LogP contribution in [-0.4, -0.2) is 35.4 Å². The molecule has 5 nitrogen and oxygen atoms in total. The molecular weight excluding hydrogens is 388 g/mol. The Kier molecular flexibility index (Phi) is 8.52. The van der Waals surface area contributed by atoms with E-state index < -0.39 is 6.04 Å². The molecule has 0 saturated heterocycles. The van der Waals surface area contributed by atoms with Gasteiger partial charge in [-0.1, -0.05) is 48.9 Å². The zero-order valence-electron chi connectivity index (χ0n) is 17.4. The minimum Gasteiger partial charge on any atom is -0.484 e. The molecule has 0 heterocycles. The highest BCUT2D eigenvalue weighted by molar-refractivity contribution is 6.30. The van der Waals surface area contributed by atoms with Crippen LogP contribution in [-0.2, 0) is 16.1 Å². The Morgan fingerprint density at radius 2 is 1.86 bits per heavy atom. The number of benzene rings is 2. The minimum atomic E-state index is -0.643. The number of hydrogen-bond donors (Lipinski definition) is 1. The first-order valence-electron chi connectivity index (χ1n) is 9.84. The molecule has 0 aliphatic rings. The van der Waals surface area contributed by atoms with E-state index in [-0.39, 0.29) is 31.0 Å². The lowest BCUT2D eigenvalue weighted by Gasteiger charge is -2.29. The Morgan fingerprint density at radius 3 is 2.52 bits per heavy atom. The molecule has 0 radical (unpaired) electrons. The van der Waals surface area contributed by atoms with E-state index in [9.17, 15) is 9.59 Å². The number of halogens is 1. The van der Waals surface area contributed by atoms with Gasteiger partial charge in [0.2, 0.25) is 5.91 Å². The molecular formula is C23H29ClN2O3. The molecule has 0 spiro atoms. The van der Waals surface area contributed by atoms with Gasteiger partial charge in [-0.05, 0) is 56.5 Å². The summed E-state index contributed by atoms with van der Waals surface area (Å²) >= 11 is 6.09. The van der Waals surface area contributed by atoms with Gasteiger partial charge in [0.05, 0.1) is 0 Å². The number of nitrogens with zero attached hydrogens (tertiary/aromatic N) is 1. The van der Waals surface area contributed by atoms with Crippen molar-refractivity contribution in [2.75, 3.05) is 6.61 Å². The summed E-state index contributed by atoms with van der Waals surface area (Å²) < 4.78 is 5.72. The van der Waals surface area contributed by atoms with Gasteiger partial charge in [0, 0.05) is 17.6 Å². The van der Waals surface area contributed by atoms with Crippen LogP contribution in [0.4, 0.5) is 0 Å². The molecule has 0 aromatic heterocycles. The first-order chi connectivity index (χ1) is 13.8. The van der Waals surface area contributed by atoms with E-state index in [0.717, 1.165) is 17.5 Å². The quantitative estimate of drug-likeness (QED) is 0.660. The Bertz CT molecular complexity index is 840. The van der Waals surface area contributed by atoms with Crippen LogP contribution < -0.4 is 10.1 Å². The summed E-state index contributed by atoms with van der Waals surface area (Å²) in [5.41, 5.74) is 1.80. The van der Waals surface area contributed by atoms with Crippen LogP contribution >= 0.6 is 11.6 Å². The van der Waals surface area contributed by atoms with Gasteiger partial charge in [0.15, 0.2) is 6.61 Å². The Labute approximate surface area is 178 Å². The SMILES string of the molecule is CC[C@H](C)NC(=O)[C@H](C)N(Cc1cccc(Cl)c1)C(=O)COc1ccccc1C. The fourth-order valence-corrected chi connectivity index (χ4v) is 3.03. The molecule has 6 heteroatoms. The molecule has 0 aliphatic carbocycles. The third-order valence-electron chi connectivity index (χ3n) is 4.86. The molecule has 0 aliphatic heterocycles. The van der Waals surface area contributed by atoms with E-state index in [2.05, 4.69) is 5.32 Å². The summed E-state index contributed by atoms with van der Waals surface area (Å²) in [6.07, 6.45) is 0.817. The molecule has 29 heavy (non-hydrogen) atoms. The summed E-state index contributed by atoms with van der Waals surface area (Å²) in [4.78, 5) is 27.2. The number of hydrogen-bond acceptors (Lipinski definition) is 3. The molecule has 0 unspecified atom stereocenters. The number of para-hydroxylation sites is 1. The largest absolute Gasteiger partial charge is 0.484 e. The summed E-state index contributed by atoms with van der Waals surface area (Å²) in [7, 11) is 0. The number of ether oxygens (including phenoxy) is 1. The van der Waals surface area contributed by atoms with E-state index in [0.29, 0.717) is 10.8 Å². The zero-order valence-corrected chi connectivity index (χ0v) is 18.2. The minimum absolute atomic E-state index is 0.0382. The van der Waals surface area contributed by atoms with Gasteiger partial charge in [0.25, 0.3) is 5.91 Å². The first kappa shape index (κ1) is 22.8. The van der Waals surface area contributed by atoms with Gasteiger partial charge < -0.3 is 15.0 Å². The van der Waals surface area contributed by atoms with E-state index in [1.807, 2.05) is 57.2 Å². The molecule has 2 amide bonds. The second-order valence-corrected chi connectivity index (χ2v) is 7.64. The average molecular weight is 417 g/mol. The van der Waals surface area contributed by atoms with E-state index in [1.165, 1.54) is 4.90 Å². The summed E-state index contributed by atoms with van der Waals surface area (Å²) in [5.74, 6) is 0.200. The van der Waals surface area contributed by atoms with Gasteiger partial charge in [0.1, 0.15) is 11.8 Å². The van der Waals surface area contributed by atoms with E-state index >= 15 is 0 Å². The van der Waals surface area contributed by atoms with Crippen LogP contribution in [0.5, 0.6) is 5.75 Å². The first-order valence-corrected chi connectivity index (χ1v) is 10.2. The van der Waals surface area contributed by atoms with E-state index in [4.69, 9.17) is 16.3 Å². The standard InChI is InChI=1S/C23H29ClN2O3/c1-5-17(3)25-23(28)18(4)26(14-19-10-8-11-20(24)13-19)22(27)15-29-21-12-7-6-9-16(21)2/h6-13,17-18H,5,14-15H2,1-4H3,(H,25,28)/t17-,18-/m0/s1. The molecule has 156 valence electrons. The summed E-state index contributed by atoms with van der Waals surface area (Å²) in [5, 5.41) is 3.53. The van der Waals surface area contributed by atoms with Gasteiger partial charge in [-0.3, -0.25) is 9.59 Å². The molecule has 0 fully saturated rings. The maximum absolute atomic E-state index is 13.0. The third-order valence-corrected chi connectivity index (χ3v) is 5.09. The molecule has 2 aromatic carbocycles. The maximum atomic E-state index is 13.0. The number of nitrogens with one attached hydrogen (secondary N) is 1. The number of amides is 2. The van der Waals surface area contributed by atoms with Crippen LogP contribution in [0.3, 0.4) is 0 Å².